The Morgan fingerprint density at radius 3 is 2.71 bits per heavy atom. The van der Waals surface area contributed by atoms with Crippen molar-refractivity contribution >= 4 is 0 Å². The van der Waals surface area contributed by atoms with Crippen LogP contribution < -0.4 is 5.32 Å². The first-order chi connectivity index (χ1) is 6.55. The van der Waals surface area contributed by atoms with Crippen LogP contribution >= 0.6 is 0 Å². The van der Waals surface area contributed by atoms with Gasteiger partial charge in [-0.1, -0.05) is 20.8 Å². The second-order valence-electron chi connectivity index (χ2n) is 4.42. The van der Waals surface area contributed by atoms with Crippen LogP contribution in [0.1, 0.15) is 26.6 Å². The Morgan fingerprint density at radius 2 is 2.21 bits per heavy atom. The monoisotopic (exact) mass is 196 g/mol. The van der Waals surface area contributed by atoms with Crippen molar-refractivity contribution in [3.05, 3.63) is 12.2 Å². The van der Waals surface area contributed by atoms with E-state index in [0.29, 0.717) is 0 Å². The first-order valence-corrected chi connectivity index (χ1v) is 5.09. The van der Waals surface area contributed by atoms with Crippen LogP contribution in [0.2, 0.25) is 0 Å². The zero-order valence-electron chi connectivity index (χ0n) is 9.54. The fourth-order valence-corrected chi connectivity index (χ4v) is 1.43. The minimum Gasteiger partial charge on any atom is -0.316 e. The minimum atomic E-state index is 0.233. The maximum absolute atomic E-state index is 4.23. The van der Waals surface area contributed by atoms with Gasteiger partial charge >= 0.3 is 0 Å². The lowest BCUT2D eigenvalue weighted by molar-refractivity contribution is 0.330. The van der Waals surface area contributed by atoms with E-state index >= 15 is 0 Å². The van der Waals surface area contributed by atoms with Crippen molar-refractivity contribution in [2.24, 2.45) is 12.5 Å². The summed E-state index contributed by atoms with van der Waals surface area (Å²) < 4.78 is 1.84. The molecule has 0 radical (unpaired) electrons. The fraction of sp³-hybridized carbons (Fsp3) is 0.800. The molecule has 0 aliphatic rings. The van der Waals surface area contributed by atoms with Gasteiger partial charge in [0, 0.05) is 20.0 Å². The molecule has 0 aromatic carbocycles. The van der Waals surface area contributed by atoms with Gasteiger partial charge in [0.1, 0.15) is 12.2 Å². The van der Waals surface area contributed by atoms with Crippen LogP contribution in [-0.4, -0.2) is 27.9 Å². The van der Waals surface area contributed by atoms with Gasteiger partial charge in [-0.2, -0.15) is 5.10 Å². The van der Waals surface area contributed by atoms with Crippen LogP contribution in [0.4, 0.5) is 0 Å². The molecule has 0 bridgehead atoms. The molecule has 1 aromatic heterocycles. The summed E-state index contributed by atoms with van der Waals surface area (Å²) in [5, 5.41) is 7.43. The van der Waals surface area contributed by atoms with Gasteiger partial charge in [-0.15, -0.1) is 0 Å². The molecule has 0 saturated carbocycles. The van der Waals surface area contributed by atoms with E-state index in [9.17, 15) is 0 Å². The van der Waals surface area contributed by atoms with Crippen LogP contribution in [0.5, 0.6) is 0 Å². The molecule has 80 valence electrons. The Labute approximate surface area is 85.7 Å². The summed E-state index contributed by atoms with van der Waals surface area (Å²) in [5.74, 6) is 1.05. The second kappa shape index (κ2) is 4.55. The highest BCUT2D eigenvalue weighted by atomic mass is 15.3. The SMILES string of the molecule is CCNCC(C)(C)Cc1ncnn1C. The first-order valence-electron chi connectivity index (χ1n) is 5.09. The third-order valence-electron chi connectivity index (χ3n) is 2.30. The van der Waals surface area contributed by atoms with Crippen LogP contribution in [-0.2, 0) is 13.5 Å². The normalized spacial score (nSPS) is 12.0. The lowest BCUT2D eigenvalue weighted by atomic mass is 9.89. The summed E-state index contributed by atoms with van der Waals surface area (Å²) in [4.78, 5) is 4.23. The molecule has 0 unspecified atom stereocenters. The summed E-state index contributed by atoms with van der Waals surface area (Å²) in [6, 6.07) is 0. The van der Waals surface area contributed by atoms with Gasteiger partial charge in [0.15, 0.2) is 0 Å². The van der Waals surface area contributed by atoms with Crippen molar-refractivity contribution in [1.29, 1.82) is 0 Å². The van der Waals surface area contributed by atoms with Crippen LogP contribution in [0, 0.1) is 5.41 Å². The number of nitrogens with zero attached hydrogens (tertiary/aromatic N) is 3. The molecule has 4 nitrogen and oxygen atoms in total. The van der Waals surface area contributed by atoms with Gasteiger partial charge in [0.05, 0.1) is 0 Å². The molecule has 0 spiro atoms. The van der Waals surface area contributed by atoms with Gasteiger partial charge in [0.25, 0.3) is 0 Å². The predicted octanol–water partition coefficient (Wildman–Crippen LogP) is 0.993. The van der Waals surface area contributed by atoms with Crippen molar-refractivity contribution in [2.45, 2.75) is 27.2 Å². The largest absolute Gasteiger partial charge is 0.316 e. The third-order valence-corrected chi connectivity index (χ3v) is 2.30. The van der Waals surface area contributed by atoms with E-state index in [2.05, 4.69) is 36.2 Å². The molecule has 1 rings (SSSR count). The molecule has 0 fully saturated rings. The van der Waals surface area contributed by atoms with Crippen molar-refractivity contribution in [2.75, 3.05) is 13.1 Å². The van der Waals surface area contributed by atoms with E-state index in [4.69, 9.17) is 0 Å². The number of aryl methyl sites for hydroxylation is 1. The highest BCUT2D eigenvalue weighted by molar-refractivity contribution is 4.90. The van der Waals surface area contributed by atoms with E-state index in [1.165, 1.54) is 0 Å². The Morgan fingerprint density at radius 1 is 1.50 bits per heavy atom. The van der Waals surface area contributed by atoms with Crippen molar-refractivity contribution in [1.82, 2.24) is 20.1 Å². The maximum atomic E-state index is 4.23. The number of rotatable bonds is 5. The van der Waals surface area contributed by atoms with Crippen LogP contribution in [0.3, 0.4) is 0 Å². The lowest BCUT2D eigenvalue weighted by Crippen LogP contribution is -2.31. The molecule has 4 heteroatoms. The van der Waals surface area contributed by atoms with Gasteiger partial charge in [-0.3, -0.25) is 4.68 Å². The third kappa shape index (κ3) is 3.10. The number of nitrogens with one attached hydrogen (secondary N) is 1. The molecule has 0 aliphatic heterocycles. The number of aromatic nitrogens is 3. The molecule has 1 aromatic rings. The van der Waals surface area contributed by atoms with Crippen molar-refractivity contribution in [3.8, 4) is 0 Å². The Kier molecular flexibility index (Phi) is 3.63. The van der Waals surface area contributed by atoms with Crippen LogP contribution in [0.15, 0.2) is 6.33 Å². The standard InChI is InChI=1S/C10H20N4/c1-5-11-7-10(2,3)6-9-12-8-13-14(9)4/h8,11H,5-7H2,1-4H3. The van der Waals surface area contributed by atoms with Gasteiger partial charge in [-0.05, 0) is 12.0 Å². The number of hydrogen-bond donors (Lipinski definition) is 1. The lowest BCUT2D eigenvalue weighted by Gasteiger charge is -2.24. The molecule has 0 atom stereocenters. The zero-order chi connectivity index (χ0) is 10.6. The van der Waals surface area contributed by atoms with Crippen LogP contribution in [0.25, 0.3) is 0 Å². The molecular formula is C10H20N4. The highest BCUT2D eigenvalue weighted by Crippen LogP contribution is 2.18. The van der Waals surface area contributed by atoms with E-state index < -0.39 is 0 Å². The second-order valence-corrected chi connectivity index (χ2v) is 4.42. The first kappa shape index (κ1) is 11.2. The molecule has 1 heterocycles. The Hall–Kier alpha value is -0.900. The van der Waals surface area contributed by atoms with E-state index in [1.54, 1.807) is 6.33 Å². The highest BCUT2D eigenvalue weighted by Gasteiger charge is 2.20. The number of hydrogen-bond acceptors (Lipinski definition) is 3. The minimum absolute atomic E-state index is 0.233. The van der Waals surface area contributed by atoms with E-state index in [1.807, 2.05) is 11.7 Å². The fourth-order valence-electron chi connectivity index (χ4n) is 1.43. The summed E-state index contributed by atoms with van der Waals surface area (Å²) in [5.41, 5.74) is 0.233. The maximum Gasteiger partial charge on any atom is 0.138 e. The molecule has 0 aliphatic carbocycles. The van der Waals surface area contributed by atoms with Crippen molar-refractivity contribution < 1.29 is 0 Å². The summed E-state index contributed by atoms with van der Waals surface area (Å²) in [7, 11) is 1.94. The molecule has 1 N–H and O–H groups in total. The smallest absolute Gasteiger partial charge is 0.138 e. The Bertz CT molecular complexity index is 277. The van der Waals surface area contributed by atoms with E-state index in [-0.39, 0.29) is 5.41 Å². The molecular weight excluding hydrogens is 176 g/mol. The summed E-state index contributed by atoms with van der Waals surface area (Å²) in [6.07, 6.45) is 2.56. The zero-order valence-corrected chi connectivity index (χ0v) is 9.54. The summed E-state index contributed by atoms with van der Waals surface area (Å²) in [6.45, 7) is 8.63. The van der Waals surface area contributed by atoms with Gasteiger partial charge in [0.2, 0.25) is 0 Å². The summed E-state index contributed by atoms with van der Waals surface area (Å²) >= 11 is 0. The van der Waals surface area contributed by atoms with E-state index in [0.717, 1.165) is 25.3 Å². The van der Waals surface area contributed by atoms with Crippen molar-refractivity contribution in [3.63, 3.8) is 0 Å². The Balaban J connectivity index is 2.54. The van der Waals surface area contributed by atoms with Gasteiger partial charge < -0.3 is 5.32 Å². The van der Waals surface area contributed by atoms with Gasteiger partial charge in [-0.25, -0.2) is 4.98 Å². The quantitative estimate of drug-likeness (QED) is 0.764. The predicted molar refractivity (Wildman–Crippen MR) is 57.0 cm³/mol. The average Bonchev–Trinajstić information content (AvgIpc) is 2.48. The molecule has 0 amide bonds. The molecule has 14 heavy (non-hydrogen) atoms. The molecule has 0 saturated heterocycles. The average molecular weight is 196 g/mol. The topological polar surface area (TPSA) is 42.7 Å².